The zero-order valence-corrected chi connectivity index (χ0v) is 6.54. The third kappa shape index (κ3) is 1.08. The van der Waals surface area contributed by atoms with Crippen molar-refractivity contribution < 1.29 is 4.92 Å². The fourth-order valence-electron chi connectivity index (χ4n) is 1.12. The van der Waals surface area contributed by atoms with Crippen LogP contribution < -0.4 is 5.73 Å². The number of nitrogens with two attached hydrogens (primary N) is 1. The minimum atomic E-state index is -0.490. The van der Waals surface area contributed by atoms with E-state index in [9.17, 15) is 10.1 Å². The van der Waals surface area contributed by atoms with E-state index < -0.39 is 4.92 Å². The molecule has 2 N–H and O–H groups in total. The lowest BCUT2D eigenvalue weighted by Crippen LogP contribution is -1.94. The van der Waals surface area contributed by atoms with Crippen molar-refractivity contribution in [1.29, 1.82) is 0 Å². The van der Waals surface area contributed by atoms with E-state index in [1.54, 1.807) is 12.1 Å². The molecule has 66 valence electrons. The predicted molar refractivity (Wildman–Crippen MR) is 46.3 cm³/mol. The van der Waals surface area contributed by atoms with Crippen molar-refractivity contribution in [3.63, 3.8) is 0 Å². The molecule has 0 amide bonds. The highest BCUT2D eigenvalue weighted by atomic mass is 16.6. The van der Waals surface area contributed by atoms with Crippen LogP contribution in [-0.2, 0) is 0 Å². The number of anilines is 1. The van der Waals surface area contributed by atoms with Crippen LogP contribution in [0.25, 0.3) is 5.65 Å². The molecule has 13 heavy (non-hydrogen) atoms. The molecular formula is C7H6N4O2. The molecule has 6 heteroatoms. The highest BCUT2D eigenvalue weighted by Crippen LogP contribution is 2.15. The highest BCUT2D eigenvalue weighted by molar-refractivity contribution is 5.54. The van der Waals surface area contributed by atoms with Gasteiger partial charge in [0.1, 0.15) is 12.4 Å². The normalized spacial score (nSPS) is 10.5. The van der Waals surface area contributed by atoms with Crippen molar-refractivity contribution in [2.24, 2.45) is 0 Å². The molecule has 0 saturated carbocycles. The Morgan fingerprint density at radius 3 is 3.08 bits per heavy atom. The topological polar surface area (TPSA) is 86.5 Å². The maximum absolute atomic E-state index is 10.5. The van der Waals surface area contributed by atoms with Gasteiger partial charge in [-0.1, -0.05) is 0 Å². The number of nitrogen functional groups attached to an aromatic ring is 1. The smallest absolute Gasteiger partial charge is 0.347 e. The number of pyridine rings is 1. The van der Waals surface area contributed by atoms with E-state index in [1.807, 2.05) is 0 Å². The number of imidazole rings is 1. The molecule has 0 aliphatic rings. The van der Waals surface area contributed by atoms with Crippen molar-refractivity contribution in [2.45, 2.75) is 0 Å². The van der Waals surface area contributed by atoms with Gasteiger partial charge in [0.2, 0.25) is 5.65 Å². The van der Waals surface area contributed by atoms with Crippen LogP contribution >= 0.6 is 0 Å². The standard InChI is InChI=1S/C7H6N4O2/c8-5-1-2-10-6(3-5)9-4-7(10)11(12)13/h1-4H,8H2. The van der Waals surface area contributed by atoms with E-state index in [0.29, 0.717) is 11.3 Å². The van der Waals surface area contributed by atoms with Gasteiger partial charge in [-0.05, 0) is 4.92 Å². The van der Waals surface area contributed by atoms with Crippen LogP contribution in [0.2, 0.25) is 0 Å². The molecule has 0 aromatic carbocycles. The minimum absolute atomic E-state index is 0.0602. The minimum Gasteiger partial charge on any atom is -0.398 e. The second kappa shape index (κ2) is 2.44. The number of fused-ring (bicyclic) bond motifs is 1. The Hall–Kier alpha value is -2.11. The molecular weight excluding hydrogens is 172 g/mol. The first-order chi connectivity index (χ1) is 6.18. The summed E-state index contributed by atoms with van der Waals surface area (Å²) in [7, 11) is 0. The average Bonchev–Trinajstić information content (AvgIpc) is 2.46. The van der Waals surface area contributed by atoms with Gasteiger partial charge in [-0.3, -0.25) is 0 Å². The van der Waals surface area contributed by atoms with Crippen molar-refractivity contribution in [1.82, 2.24) is 9.38 Å². The van der Waals surface area contributed by atoms with Crippen LogP contribution in [0.5, 0.6) is 0 Å². The quantitative estimate of drug-likeness (QED) is 0.517. The molecule has 0 radical (unpaired) electrons. The summed E-state index contributed by atoms with van der Waals surface area (Å²) in [6, 6.07) is 3.16. The van der Waals surface area contributed by atoms with Crippen LogP contribution in [0.4, 0.5) is 11.5 Å². The van der Waals surface area contributed by atoms with Crippen molar-refractivity contribution in [3.8, 4) is 0 Å². The number of nitrogens with zero attached hydrogens (tertiary/aromatic N) is 3. The first kappa shape index (κ1) is 7.53. The van der Waals surface area contributed by atoms with Gasteiger partial charge in [0, 0.05) is 17.8 Å². The van der Waals surface area contributed by atoms with Gasteiger partial charge in [-0.25, -0.2) is 4.98 Å². The average molecular weight is 178 g/mol. The first-order valence-corrected chi connectivity index (χ1v) is 3.55. The molecule has 2 heterocycles. The molecule has 0 fully saturated rings. The fourth-order valence-corrected chi connectivity index (χ4v) is 1.12. The summed E-state index contributed by atoms with van der Waals surface area (Å²) >= 11 is 0. The van der Waals surface area contributed by atoms with Crippen molar-refractivity contribution >= 4 is 17.2 Å². The number of nitro groups is 1. The summed E-state index contributed by atoms with van der Waals surface area (Å²) in [5.41, 5.74) is 6.50. The second-order valence-electron chi connectivity index (χ2n) is 2.56. The van der Waals surface area contributed by atoms with Crippen LogP contribution in [0, 0.1) is 10.1 Å². The van der Waals surface area contributed by atoms with Gasteiger partial charge in [0.15, 0.2) is 0 Å². The van der Waals surface area contributed by atoms with Gasteiger partial charge in [0.05, 0.1) is 0 Å². The lowest BCUT2D eigenvalue weighted by molar-refractivity contribution is -0.390. The summed E-state index contributed by atoms with van der Waals surface area (Å²) in [5.74, 6) is -0.0602. The van der Waals surface area contributed by atoms with Gasteiger partial charge < -0.3 is 15.8 Å². The van der Waals surface area contributed by atoms with Crippen molar-refractivity contribution in [2.75, 3.05) is 5.73 Å². The third-order valence-corrected chi connectivity index (χ3v) is 1.70. The lowest BCUT2D eigenvalue weighted by atomic mass is 10.4. The Labute approximate surface area is 72.8 Å². The summed E-state index contributed by atoms with van der Waals surface area (Å²) in [4.78, 5) is 13.8. The molecule has 0 bridgehead atoms. The Balaban J connectivity index is 2.76. The highest BCUT2D eigenvalue weighted by Gasteiger charge is 2.12. The summed E-state index contributed by atoms with van der Waals surface area (Å²) in [5, 5.41) is 10.5. The monoisotopic (exact) mass is 178 g/mol. The number of hydrogen-bond acceptors (Lipinski definition) is 4. The summed E-state index contributed by atoms with van der Waals surface area (Å²) < 4.78 is 1.37. The van der Waals surface area contributed by atoms with E-state index in [4.69, 9.17) is 5.73 Å². The molecule has 0 atom stereocenters. The lowest BCUT2D eigenvalue weighted by Gasteiger charge is -1.93. The molecule has 0 spiro atoms. The van der Waals surface area contributed by atoms with Crippen LogP contribution in [0.3, 0.4) is 0 Å². The zero-order chi connectivity index (χ0) is 9.42. The second-order valence-corrected chi connectivity index (χ2v) is 2.56. The van der Waals surface area contributed by atoms with E-state index in [0.717, 1.165) is 0 Å². The van der Waals surface area contributed by atoms with Crippen LogP contribution in [-0.4, -0.2) is 14.3 Å². The Morgan fingerprint density at radius 2 is 2.38 bits per heavy atom. The van der Waals surface area contributed by atoms with E-state index in [1.165, 1.54) is 16.8 Å². The Bertz CT molecular complexity index is 476. The number of rotatable bonds is 1. The largest absolute Gasteiger partial charge is 0.398 e. The van der Waals surface area contributed by atoms with Crippen LogP contribution in [0.1, 0.15) is 0 Å². The molecule has 2 rings (SSSR count). The third-order valence-electron chi connectivity index (χ3n) is 1.70. The van der Waals surface area contributed by atoms with Gasteiger partial charge in [-0.15, -0.1) is 0 Å². The number of hydrogen-bond donors (Lipinski definition) is 1. The van der Waals surface area contributed by atoms with Gasteiger partial charge >= 0.3 is 5.82 Å². The fraction of sp³-hybridized carbons (Fsp3) is 0. The molecule has 0 aliphatic heterocycles. The molecule has 2 aromatic rings. The van der Waals surface area contributed by atoms with Crippen LogP contribution in [0.15, 0.2) is 24.5 Å². The summed E-state index contributed by atoms with van der Waals surface area (Å²) in [6.07, 6.45) is 2.73. The maximum Gasteiger partial charge on any atom is 0.347 e. The SMILES string of the molecule is Nc1ccn2c([N+](=O)[O-])cnc2c1. The Morgan fingerprint density at radius 1 is 1.62 bits per heavy atom. The van der Waals surface area contributed by atoms with E-state index >= 15 is 0 Å². The van der Waals surface area contributed by atoms with Gasteiger partial charge in [0.25, 0.3) is 0 Å². The zero-order valence-electron chi connectivity index (χ0n) is 6.54. The van der Waals surface area contributed by atoms with Gasteiger partial charge in [-0.2, -0.15) is 4.40 Å². The van der Waals surface area contributed by atoms with E-state index in [-0.39, 0.29) is 5.82 Å². The first-order valence-electron chi connectivity index (χ1n) is 3.55. The molecule has 0 unspecified atom stereocenters. The molecule has 6 nitrogen and oxygen atoms in total. The molecule has 0 aliphatic carbocycles. The molecule has 0 saturated heterocycles. The number of aromatic nitrogens is 2. The van der Waals surface area contributed by atoms with E-state index in [2.05, 4.69) is 4.98 Å². The summed E-state index contributed by atoms with van der Waals surface area (Å²) in [6.45, 7) is 0. The predicted octanol–water partition coefficient (Wildman–Crippen LogP) is 0.825. The maximum atomic E-state index is 10.5. The van der Waals surface area contributed by atoms with Crippen molar-refractivity contribution in [3.05, 3.63) is 34.6 Å². The molecule has 2 aromatic heterocycles. The Kier molecular flexibility index (Phi) is 1.42.